The second kappa shape index (κ2) is 5.40. The fourth-order valence-corrected chi connectivity index (χ4v) is 2.54. The summed E-state index contributed by atoms with van der Waals surface area (Å²) in [6.45, 7) is 0. The van der Waals surface area contributed by atoms with E-state index in [0.29, 0.717) is 0 Å². The van der Waals surface area contributed by atoms with Crippen LogP contribution in [0.2, 0.25) is 5.02 Å². The molecule has 0 radical (unpaired) electrons. The van der Waals surface area contributed by atoms with Crippen LogP contribution < -0.4 is 0 Å². The number of rotatable bonds is 5. The summed E-state index contributed by atoms with van der Waals surface area (Å²) in [7, 11) is 0. The third kappa shape index (κ3) is 2.87. The van der Waals surface area contributed by atoms with Gasteiger partial charge in [0, 0.05) is 5.02 Å². The van der Waals surface area contributed by atoms with Crippen LogP contribution in [0, 0.1) is 11.7 Å². The maximum absolute atomic E-state index is 14.0. The average molecular weight is 311 g/mol. The Hall–Kier alpha value is -2.02. The number of carbonyl (C=O) groups is 1. The SMILES string of the molecule is O=C(O)CC(C1CC1)n1nnnc1-c1ccc(Cl)cc1F. The molecule has 1 fully saturated rings. The Balaban J connectivity index is 2.01. The lowest BCUT2D eigenvalue weighted by Crippen LogP contribution is -2.18. The van der Waals surface area contributed by atoms with E-state index in [0.717, 1.165) is 12.8 Å². The third-order valence-electron chi connectivity index (χ3n) is 3.53. The van der Waals surface area contributed by atoms with Gasteiger partial charge < -0.3 is 5.11 Å². The van der Waals surface area contributed by atoms with Gasteiger partial charge in [0.1, 0.15) is 5.82 Å². The molecule has 3 rings (SSSR count). The van der Waals surface area contributed by atoms with E-state index >= 15 is 0 Å². The zero-order valence-electron chi connectivity index (χ0n) is 10.9. The fourth-order valence-electron chi connectivity index (χ4n) is 2.38. The van der Waals surface area contributed by atoms with Crippen molar-refractivity contribution in [2.24, 2.45) is 5.92 Å². The van der Waals surface area contributed by atoms with E-state index in [2.05, 4.69) is 15.5 Å². The number of carboxylic acids is 1. The summed E-state index contributed by atoms with van der Waals surface area (Å²) in [4.78, 5) is 11.0. The Kier molecular flexibility index (Phi) is 3.59. The van der Waals surface area contributed by atoms with Crippen LogP contribution in [-0.2, 0) is 4.79 Å². The molecule has 1 aromatic heterocycles. The molecule has 8 heteroatoms. The Morgan fingerprint density at radius 2 is 2.29 bits per heavy atom. The van der Waals surface area contributed by atoms with Crippen molar-refractivity contribution in [3.8, 4) is 11.4 Å². The van der Waals surface area contributed by atoms with E-state index in [1.165, 1.54) is 16.8 Å². The van der Waals surface area contributed by atoms with Crippen molar-refractivity contribution in [1.82, 2.24) is 20.2 Å². The zero-order valence-corrected chi connectivity index (χ0v) is 11.7. The van der Waals surface area contributed by atoms with E-state index in [9.17, 15) is 9.18 Å². The Morgan fingerprint density at radius 3 is 2.90 bits per heavy atom. The molecule has 2 aromatic rings. The van der Waals surface area contributed by atoms with Crippen molar-refractivity contribution in [3.05, 3.63) is 29.0 Å². The normalized spacial score (nSPS) is 15.9. The first kappa shape index (κ1) is 13.9. The number of hydrogen-bond acceptors (Lipinski definition) is 4. The Labute approximate surface area is 124 Å². The quantitative estimate of drug-likeness (QED) is 0.918. The van der Waals surface area contributed by atoms with Crippen molar-refractivity contribution in [1.29, 1.82) is 0 Å². The van der Waals surface area contributed by atoms with Gasteiger partial charge in [-0.1, -0.05) is 11.6 Å². The van der Waals surface area contributed by atoms with Gasteiger partial charge in [-0.3, -0.25) is 4.79 Å². The molecular weight excluding hydrogens is 299 g/mol. The largest absolute Gasteiger partial charge is 0.481 e. The summed E-state index contributed by atoms with van der Waals surface area (Å²) >= 11 is 5.73. The van der Waals surface area contributed by atoms with E-state index in [-0.39, 0.29) is 34.8 Å². The van der Waals surface area contributed by atoms with Crippen molar-refractivity contribution in [3.63, 3.8) is 0 Å². The molecule has 1 saturated carbocycles. The van der Waals surface area contributed by atoms with Crippen molar-refractivity contribution < 1.29 is 14.3 Å². The third-order valence-corrected chi connectivity index (χ3v) is 3.76. The minimum atomic E-state index is -0.926. The summed E-state index contributed by atoms with van der Waals surface area (Å²) in [5, 5.41) is 20.6. The standard InChI is InChI=1S/C13H12ClFN4O2/c14-8-3-4-9(10(15)5-8)13-16-17-18-19(13)11(6-12(20)21)7-1-2-7/h3-5,7,11H,1-2,6H2,(H,20,21). The highest BCUT2D eigenvalue weighted by atomic mass is 35.5. The molecule has 1 heterocycles. The second-order valence-corrected chi connectivity index (χ2v) is 5.51. The lowest BCUT2D eigenvalue weighted by molar-refractivity contribution is -0.138. The molecule has 1 unspecified atom stereocenters. The zero-order chi connectivity index (χ0) is 15.0. The molecule has 0 spiro atoms. The highest BCUT2D eigenvalue weighted by Gasteiger charge is 2.36. The highest BCUT2D eigenvalue weighted by Crippen LogP contribution is 2.42. The van der Waals surface area contributed by atoms with E-state index in [1.54, 1.807) is 6.07 Å². The first-order valence-electron chi connectivity index (χ1n) is 6.51. The maximum Gasteiger partial charge on any atom is 0.305 e. The summed E-state index contributed by atoms with van der Waals surface area (Å²) < 4.78 is 15.4. The van der Waals surface area contributed by atoms with E-state index in [4.69, 9.17) is 16.7 Å². The predicted octanol–water partition coefficient (Wildman–Crippen LogP) is 2.56. The molecule has 0 bridgehead atoms. The lowest BCUT2D eigenvalue weighted by Gasteiger charge is -2.15. The summed E-state index contributed by atoms with van der Waals surface area (Å²) in [5.41, 5.74) is 0.209. The Morgan fingerprint density at radius 1 is 1.52 bits per heavy atom. The lowest BCUT2D eigenvalue weighted by atomic mass is 10.1. The van der Waals surface area contributed by atoms with Gasteiger partial charge in [0.2, 0.25) is 0 Å². The van der Waals surface area contributed by atoms with Gasteiger partial charge in [0.25, 0.3) is 0 Å². The van der Waals surface area contributed by atoms with Gasteiger partial charge in [-0.05, 0) is 47.4 Å². The van der Waals surface area contributed by atoms with Crippen LogP contribution in [-0.4, -0.2) is 31.3 Å². The van der Waals surface area contributed by atoms with Gasteiger partial charge in [-0.25, -0.2) is 9.07 Å². The number of halogens is 2. The van der Waals surface area contributed by atoms with Gasteiger partial charge in [-0.2, -0.15) is 0 Å². The summed E-state index contributed by atoms with van der Waals surface area (Å²) in [5.74, 6) is -1.02. The number of carboxylic acid groups (broad SMARTS) is 1. The topological polar surface area (TPSA) is 80.9 Å². The minimum absolute atomic E-state index is 0.0854. The monoisotopic (exact) mass is 310 g/mol. The van der Waals surface area contributed by atoms with E-state index in [1.807, 2.05) is 0 Å². The van der Waals surface area contributed by atoms with Crippen molar-refractivity contribution >= 4 is 17.6 Å². The molecule has 0 saturated heterocycles. The molecule has 0 amide bonds. The van der Waals surface area contributed by atoms with Gasteiger partial charge >= 0.3 is 5.97 Å². The van der Waals surface area contributed by atoms with Crippen LogP contribution in [0.25, 0.3) is 11.4 Å². The van der Waals surface area contributed by atoms with Gasteiger partial charge in [0.05, 0.1) is 18.0 Å². The number of tetrazole rings is 1. The minimum Gasteiger partial charge on any atom is -0.481 e. The molecular formula is C13H12ClFN4O2. The number of aliphatic carboxylic acids is 1. The van der Waals surface area contributed by atoms with Gasteiger partial charge in [-0.15, -0.1) is 5.10 Å². The number of benzene rings is 1. The van der Waals surface area contributed by atoms with Crippen LogP contribution in [0.15, 0.2) is 18.2 Å². The summed E-state index contributed by atoms with van der Waals surface area (Å²) in [6.07, 6.45) is 1.78. The number of nitrogens with zero attached hydrogens (tertiary/aromatic N) is 4. The van der Waals surface area contributed by atoms with Crippen LogP contribution >= 0.6 is 11.6 Å². The van der Waals surface area contributed by atoms with Crippen LogP contribution in [0.4, 0.5) is 4.39 Å². The molecule has 110 valence electrons. The molecule has 1 aliphatic carbocycles. The second-order valence-electron chi connectivity index (χ2n) is 5.07. The van der Waals surface area contributed by atoms with Crippen molar-refractivity contribution in [2.75, 3.05) is 0 Å². The molecule has 6 nitrogen and oxygen atoms in total. The highest BCUT2D eigenvalue weighted by molar-refractivity contribution is 6.30. The molecule has 1 atom stereocenters. The fraction of sp³-hybridized carbons (Fsp3) is 0.385. The smallest absolute Gasteiger partial charge is 0.305 e. The predicted molar refractivity (Wildman–Crippen MR) is 72.2 cm³/mol. The molecule has 1 N–H and O–H groups in total. The maximum atomic E-state index is 14.0. The van der Waals surface area contributed by atoms with Crippen LogP contribution in [0.5, 0.6) is 0 Å². The first-order chi connectivity index (χ1) is 10.1. The summed E-state index contributed by atoms with van der Waals surface area (Å²) in [6, 6.07) is 3.86. The number of hydrogen-bond donors (Lipinski definition) is 1. The van der Waals surface area contributed by atoms with E-state index < -0.39 is 11.8 Å². The van der Waals surface area contributed by atoms with Crippen LogP contribution in [0.1, 0.15) is 25.3 Å². The Bertz CT molecular complexity index is 687. The van der Waals surface area contributed by atoms with Crippen LogP contribution in [0.3, 0.4) is 0 Å². The first-order valence-corrected chi connectivity index (χ1v) is 6.89. The van der Waals surface area contributed by atoms with Crippen molar-refractivity contribution in [2.45, 2.75) is 25.3 Å². The van der Waals surface area contributed by atoms with Gasteiger partial charge in [0.15, 0.2) is 5.82 Å². The molecule has 21 heavy (non-hydrogen) atoms. The molecule has 1 aromatic carbocycles. The molecule has 1 aliphatic rings. The molecule has 0 aliphatic heterocycles. The average Bonchev–Trinajstić information content (AvgIpc) is 3.14. The number of aromatic nitrogens is 4.